The van der Waals surface area contributed by atoms with Crippen LogP contribution in [0.5, 0.6) is 0 Å². The maximum Gasteiger partial charge on any atom is 0.325 e. The number of hydrogen-bond donors (Lipinski definition) is 1. The van der Waals surface area contributed by atoms with Gasteiger partial charge in [-0.15, -0.1) is 0 Å². The van der Waals surface area contributed by atoms with Crippen molar-refractivity contribution in [3.63, 3.8) is 0 Å². The number of likely N-dealkylation sites (N-methyl/N-ethyl adjacent to an activating group) is 1. The summed E-state index contributed by atoms with van der Waals surface area (Å²) in [7, 11) is 1.03. The third-order valence-electron chi connectivity index (χ3n) is 10.8. The van der Waals surface area contributed by atoms with Crippen LogP contribution in [0, 0.1) is 29.6 Å². The molecular weight excluding hydrogens is 634 g/mol. The summed E-state index contributed by atoms with van der Waals surface area (Å²) in [6.45, 7) is 12.9. The number of sulfone groups is 1. The number of methoxy groups -OCH3 is 1. The molecule has 0 radical (unpaired) electrons. The number of Topliss-reactive ketones (excluding diaryl/α,β-unsaturated/α-hetero) is 2. The third kappa shape index (κ3) is 7.62. The van der Waals surface area contributed by atoms with E-state index in [1.165, 1.54) is 21.0 Å². The summed E-state index contributed by atoms with van der Waals surface area (Å²) in [6.07, 6.45) is -3.20. The first-order valence-corrected chi connectivity index (χ1v) is 18.4. The third-order valence-corrected chi connectivity index (χ3v) is 12.2. The number of esters is 2. The topological polar surface area (TPSA) is 172 Å². The van der Waals surface area contributed by atoms with E-state index in [4.69, 9.17) is 23.7 Å². The van der Waals surface area contributed by atoms with Gasteiger partial charge in [-0.2, -0.15) is 0 Å². The van der Waals surface area contributed by atoms with Crippen molar-refractivity contribution < 1.29 is 56.4 Å². The van der Waals surface area contributed by atoms with E-state index in [0.717, 1.165) is 6.26 Å². The molecule has 3 aliphatic rings. The van der Waals surface area contributed by atoms with Crippen molar-refractivity contribution in [3.8, 4) is 0 Å². The molecule has 0 aromatic heterocycles. The Labute approximate surface area is 279 Å². The summed E-state index contributed by atoms with van der Waals surface area (Å²) in [6, 6.07) is -0.309. The first kappa shape index (κ1) is 39.5. The lowest BCUT2D eigenvalue weighted by Crippen LogP contribution is -2.59. The molecule has 47 heavy (non-hydrogen) atoms. The predicted octanol–water partition coefficient (Wildman–Crippen LogP) is 1.96. The zero-order valence-electron chi connectivity index (χ0n) is 29.8. The highest BCUT2D eigenvalue weighted by Gasteiger charge is 2.64. The second kappa shape index (κ2) is 14.5. The molecule has 3 aliphatic heterocycles. The second-order valence-electron chi connectivity index (χ2n) is 14.6. The molecule has 0 bridgehead atoms. The minimum Gasteiger partial charge on any atom is -0.458 e. The number of aliphatic hydroxyl groups is 1. The average Bonchev–Trinajstić information content (AvgIpc) is 3.27. The van der Waals surface area contributed by atoms with E-state index < -0.39 is 98.2 Å². The van der Waals surface area contributed by atoms with Gasteiger partial charge >= 0.3 is 11.9 Å². The molecule has 14 atom stereocenters. The molecule has 0 spiro atoms. The largest absolute Gasteiger partial charge is 0.458 e. The number of aliphatic hydroxyl groups excluding tert-OH is 1. The van der Waals surface area contributed by atoms with Crippen LogP contribution in [0.15, 0.2) is 0 Å². The summed E-state index contributed by atoms with van der Waals surface area (Å²) in [4.78, 5) is 57.0. The highest BCUT2D eigenvalue weighted by molar-refractivity contribution is 7.92. The molecule has 3 rings (SSSR count). The first-order valence-electron chi connectivity index (χ1n) is 16.5. The van der Waals surface area contributed by atoms with Crippen molar-refractivity contribution in [2.24, 2.45) is 29.6 Å². The molecular formula is C33H55NO12S. The molecule has 3 saturated heterocycles. The van der Waals surface area contributed by atoms with Crippen LogP contribution in [0.25, 0.3) is 0 Å². The number of fused-ring (bicyclic) bond motifs is 1. The van der Waals surface area contributed by atoms with Crippen molar-refractivity contribution in [2.45, 2.75) is 128 Å². The quantitative estimate of drug-likeness (QED) is 0.317. The number of hydrogen-bond acceptors (Lipinski definition) is 13. The fourth-order valence-electron chi connectivity index (χ4n) is 8.02. The summed E-state index contributed by atoms with van der Waals surface area (Å²) in [5.41, 5.74) is -3.02. The molecule has 3 fully saturated rings. The fourth-order valence-corrected chi connectivity index (χ4v) is 9.45. The molecule has 270 valence electrons. The zero-order chi connectivity index (χ0) is 36.0. The summed E-state index contributed by atoms with van der Waals surface area (Å²) in [5, 5.41) is 9.62. The lowest BCUT2D eigenvalue weighted by Gasteiger charge is -2.47. The van der Waals surface area contributed by atoms with Crippen molar-refractivity contribution in [3.05, 3.63) is 0 Å². The van der Waals surface area contributed by atoms with Crippen LogP contribution in [-0.4, -0.2) is 123 Å². The monoisotopic (exact) mass is 689 g/mol. The van der Waals surface area contributed by atoms with Crippen molar-refractivity contribution >= 4 is 33.3 Å². The molecule has 0 aromatic carbocycles. The van der Waals surface area contributed by atoms with Gasteiger partial charge in [0.2, 0.25) is 0 Å². The molecule has 13 nitrogen and oxygen atoms in total. The van der Waals surface area contributed by atoms with Gasteiger partial charge in [0, 0.05) is 43.1 Å². The molecule has 0 aromatic rings. The first-order chi connectivity index (χ1) is 21.5. The van der Waals surface area contributed by atoms with Gasteiger partial charge in [0.1, 0.15) is 23.9 Å². The summed E-state index contributed by atoms with van der Waals surface area (Å²) < 4.78 is 56.2. The molecule has 1 N–H and O–H groups in total. The van der Waals surface area contributed by atoms with Crippen LogP contribution < -0.4 is 0 Å². The number of ketones is 2. The second-order valence-corrected chi connectivity index (χ2v) is 16.7. The van der Waals surface area contributed by atoms with E-state index in [-0.39, 0.29) is 30.8 Å². The van der Waals surface area contributed by atoms with Crippen molar-refractivity contribution in [1.82, 2.24) is 4.90 Å². The van der Waals surface area contributed by atoms with Gasteiger partial charge in [-0.25, -0.2) is 8.42 Å². The van der Waals surface area contributed by atoms with E-state index in [1.807, 2.05) is 25.9 Å². The minimum absolute atomic E-state index is 0.0161. The number of cyclic esters (lactones) is 1. The number of ether oxygens (including phenoxy) is 5. The maximum absolute atomic E-state index is 14.2. The molecule has 0 amide bonds. The smallest absolute Gasteiger partial charge is 0.325 e. The van der Waals surface area contributed by atoms with Gasteiger partial charge < -0.3 is 33.7 Å². The van der Waals surface area contributed by atoms with Gasteiger partial charge in [-0.3, -0.25) is 19.2 Å². The van der Waals surface area contributed by atoms with Gasteiger partial charge in [-0.1, -0.05) is 27.7 Å². The van der Waals surface area contributed by atoms with E-state index in [9.17, 15) is 32.7 Å². The summed E-state index contributed by atoms with van der Waals surface area (Å²) >= 11 is 0. The lowest BCUT2D eigenvalue weighted by atomic mass is 9.70. The van der Waals surface area contributed by atoms with Crippen LogP contribution in [0.3, 0.4) is 0 Å². The van der Waals surface area contributed by atoms with Crippen LogP contribution in [-0.2, 0) is 52.7 Å². The lowest BCUT2D eigenvalue weighted by molar-refractivity contribution is -0.295. The number of rotatable bonds is 6. The normalized spacial score (nSPS) is 44.5. The number of carbonyl (C=O) groups is 4. The predicted molar refractivity (Wildman–Crippen MR) is 171 cm³/mol. The SMILES string of the molecule is CC[C@H]1OC(=O)[C@H](C)C(=O)[C@H](C)[C@@H](O[C@@H]2O[C@H](C)C[C@H](N(C)C)[C@H]2O)[C@](C)(OC)C[C@@H](C)C(=O)C(C)C2C(S(C)(=O)=O)C(=O)O[C@@]21C. The van der Waals surface area contributed by atoms with E-state index in [1.54, 1.807) is 34.6 Å². The highest BCUT2D eigenvalue weighted by atomic mass is 32.2. The summed E-state index contributed by atoms with van der Waals surface area (Å²) in [5.74, 6) is -8.13. The average molecular weight is 690 g/mol. The maximum atomic E-state index is 14.2. The van der Waals surface area contributed by atoms with Crippen LogP contribution in [0.2, 0.25) is 0 Å². The van der Waals surface area contributed by atoms with Gasteiger partial charge in [0.25, 0.3) is 0 Å². The van der Waals surface area contributed by atoms with Gasteiger partial charge in [-0.05, 0) is 61.1 Å². The molecule has 0 aliphatic carbocycles. The zero-order valence-corrected chi connectivity index (χ0v) is 30.7. The Morgan fingerprint density at radius 1 is 0.979 bits per heavy atom. The van der Waals surface area contributed by atoms with Crippen molar-refractivity contribution in [1.29, 1.82) is 0 Å². The Bertz CT molecular complexity index is 1300. The van der Waals surface area contributed by atoms with Gasteiger partial charge in [0.05, 0.1) is 17.8 Å². The number of carbonyl (C=O) groups excluding carboxylic acids is 4. The molecule has 14 heteroatoms. The van der Waals surface area contributed by atoms with Crippen LogP contribution in [0.1, 0.15) is 74.7 Å². The van der Waals surface area contributed by atoms with Crippen LogP contribution in [0.4, 0.5) is 0 Å². The Balaban J connectivity index is 2.18. The standard InChI is InChI=1S/C33H55NO12S/c1-13-22-33(8)23(27(30(39)46-33)47(12,40)41)18(4)24(35)16(2)15-32(7,42-11)28(19(5)25(36)20(6)29(38)44-22)45-31-26(37)21(34(9)10)14-17(3)43-31/h16-23,26-28,31,37H,13-15H2,1-12H3/t16-,17-,18?,19+,20-,21+,22-,23?,26-,27?,28-,31+,32-,33-/m1/s1. The molecule has 3 unspecified atom stereocenters. The number of nitrogens with zero attached hydrogens (tertiary/aromatic N) is 1. The molecule has 3 heterocycles. The Morgan fingerprint density at radius 3 is 2.09 bits per heavy atom. The van der Waals surface area contributed by atoms with E-state index in [2.05, 4.69) is 0 Å². The Morgan fingerprint density at radius 2 is 1.57 bits per heavy atom. The van der Waals surface area contributed by atoms with Gasteiger partial charge in [0.15, 0.2) is 32.8 Å². The van der Waals surface area contributed by atoms with E-state index >= 15 is 0 Å². The Hall–Kier alpha value is -1.97. The van der Waals surface area contributed by atoms with E-state index in [0.29, 0.717) is 6.42 Å². The Kier molecular flexibility index (Phi) is 12.2. The fraction of sp³-hybridized carbons (Fsp3) is 0.879. The minimum atomic E-state index is -4.06. The molecule has 0 saturated carbocycles. The van der Waals surface area contributed by atoms with Crippen molar-refractivity contribution in [2.75, 3.05) is 27.5 Å². The highest BCUT2D eigenvalue weighted by Crippen LogP contribution is 2.47. The van der Waals surface area contributed by atoms with Crippen LogP contribution >= 0.6 is 0 Å².